The minimum atomic E-state index is -3.89. The van der Waals surface area contributed by atoms with Crippen molar-refractivity contribution >= 4 is 42.4 Å². The molecule has 2 aliphatic rings. The number of carbonyl (C=O) groups is 1. The maximum atomic E-state index is 13.8. The van der Waals surface area contributed by atoms with Crippen molar-refractivity contribution < 1.29 is 32.6 Å². The number of aromatic nitrogens is 4. The van der Waals surface area contributed by atoms with Crippen LogP contribution in [0, 0.1) is 10.8 Å². The zero-order valence-corrected chi connectivity index (χ0v) is 25.2. The highest BCUT2D eigenvalue weighted by molar-refractivity contribution is 7.51. The van der Waals surface area contributed by atoms with Gasteiger partial charge in [-0.15, -0.1) is 11.6 Å². The third-order valence-corrected chi connectivity index (χ3v) is 8.66. The molecule has 6 atom stereocenters. The van der Waals surface area contributed by atoms with Crippen molar-refractivity contribution in [3.05, 3.63) is 6.33 Å². The van der Waals surface area contributed by atoms with Gasteiger partial charge in [-0.25, -0.2) is 14.6 Å². The summed E-state index contributed by atoms with van der Waals surface area (Å²) in [5.74, 6) is -0.112. The second kappa shape index (κ2) is 10.4. The third-order valence-electron chi connectivity index (χ3n) is 6.63. The van der Waals surface area contributed by atoms with Crippen molar-refractivity contribution in [3.63, 3.8) is 0 Å². The molecular formula is C24H38ClN6O7P. The lowest BCUT2D eigenvalue weighted by Crippen LogP contribution is -2.49. The van der Waals surface area contributed by atoms with Crippen molar-refractivity contribution in [2.24, 2.45) is 10.8 Å². The molecule has 2 aliphatic heterocycles. The molecule has 0 radical (unpaired) electrons. The summed E-state index contributed by atoms with van der Waals surface area (Å²) in [6.45, 7) is 15.0. The first kappa shape index (κ1) is 30.0. The molecule has 218 valence electrons. The Morgan fingerprint density at radius 2 is 2.03 bits per heavy atom. The summed E-state index contributed by atoms with van der Waals surface area (Å²) >= 11 is 7.07. The van der Waals surface area contributed by atoms with E-state index in [4.69, 9.17) is 40.6 Å². The van der Waals surface area contributed by atoms with Crippen LogP contribution >= 0.6 is 19.3 Å². The van der Waals surface area contributed by atoms with Crippen molar-refractivity contribution in [1.29, 1.82) is 0 Å². The summed E-state index contributed by atoms with van der Waals surface area (Å²) in [5.41, 5.74) is 5.56. The monoisotopic (exact) mass is 588 g/mol. The van der Waals surface area contributed by atoms with E-state index in [9.17, 15) is 9.36 Å². The van der Waals surface area contributed by atoms with Crippen LogP contribution in [0.4, 0.5) is 5.95 Å². The lowest BCUT2D eigenvalue weighted by Gasteiger charge is -2.39. The number of nitrogens with two attached hydrogens (primary N) is 1. The standard InChI is InChI=1S/C24H38ClN6O7P/c1-9-34-18-15-17(28-21(26)29-18)31(12-27-15)19-24(8,25)16-13(37-19)10-36-39(33,38-16)30-14(22(2,3)4)11-35-20(32)23(5,6)7/h12-14,16,19H,9-11H2,1-8H3,(H,30,33)(H2,26,28,29)/t13-,14?,16-,19-,24-,39?/m1/s1. The Morgan fingerprint density at radius 3 is 2.64 bits per heavy atom. The number of halogens is 1. The second-order valence-corrected chi connectivity index (χ2v) is 14.6. The third kappa shape index (κ3) is 6.03. The lowest BCUT2D eigenvalue weighted by atomic mass is 9.88. The molecule has 2 aromatic heterocycles. The van der Waals surface area contributed by atoms with E-state index in [2.05, 4.69) is 20.0 Å². The van der Waals surface area contributed by atoms with Crippen LogP contribution in [0.5, 0.6) is 5.88 Å². The van der Waals surface area contributed by atoms with Gasteiger partial charge in [0, 0.05) is 0 Å². The van der Waals surface area contributed by atoms with Crippen LogP contribution in [0.1, 0.15) is 61.6 Å². The number of hydrogen-bond donors (Lipinski definition) is 2. The van der Waals surface area contributed by atoms with Crippen LogP contribution in [-0.4, -0.2) is 68.4 Å². The number of nitrogens with one attached hydrogen (secondary N) is 1. The summed E-state index contributed by atoms with van der Waals surface area (Å²) in [4.78, 5) is 24.0. The van der Waals surface area contributed by atoms with E-state index in [1.54, 1.807) is 32.3 Å². The van der Waals surface area contributed by atoms with E-state index >= 15 is 0 Å². The predicted molar refractivity (Wildman–Crippen MR) is 144 cm³/mol. The minimum absolute atomic E-state index is 0.00746. The molecule has 2 saturated heterocycles. The van der Waals surface area contributed by atoms with E-state index in [1.807, 2.05) is 27.7 Å². The van der Waals surface area contributed by atoms with Crippen molar-refractivity contribution in [2.75, 3.05) is 25.6 Å². The van der Waals surface area contributed by atoms with Gasteiger partial charge in [0.05, 0.1) is 31.0 Å². The van der Waals surface area contributed by atoms with E-state index in [0.29, 0.717) is 17.8 Å². The first-order chi connectivity index (χ1) is 18.0. The first-order valence-corrected chi connectivity index (χ1v) is 14.7. The fourth-order valence-corrected chi connectivity index (χ4v) is 6.73. The molecule has 0 saturated carbocycles. The predicted octanol–water partition coefficient (Wildman–Crippen LogP) is 3.82. The molecule has 0 bridgehead atoms. The highest BCUT2D eigenvalue weighted by atomic mass is 35.5. The van der Waals surface area contributed by atoms with Gasteiger partial charge < -0.3 is 19.9 Å². The number of imidazole rings is 1. The number of esters is 1. The van der Waals surface area contributed by atoms with E-state index < -0.39 is 47.9 Å². The molecule has 4 rings (SSSR count). The van der Waals surface area contributed by atoms with Crippen molar-refractivity contribution in [2.45, 2.75) is 84.7 Å². The van der Waals surface area contributed by atoms with Gasteiger partial charge in [-0.3, -0.25) is 18.4 Å². The molecule has 0 aromatic carbocycles. The average molecular weight is 589 g/mol. The normalized spacial score (nSPS) is 30.2. The maximum Gasteiger partial charge on any atom is 0.406 e. The van der Waals surface area contributed by atoms with Crippen molar-refractivity contribution in [3.8, 4) is 5.88 Å². The topological polar surface area (TPSA) is 162 Å². The first-order valence-electron chi connectivity index (χ1n) is 12.8. The number of anilines is 1. The smallest absolute Gasteiger partial charge is 0.406 e. The molecular weight excluding hydrogens is 551 g/mol. The van der Waals surface area contributed by atoms with Crippen LogP contribution in [0.3, 0.4) is 0 Å². The van der Waals surface area contributed by atoms with Gasteiger partial charge in [0.25, 0.3) is 0 Å². The van der Waals surface area contributed by atoms with Crippen LogP contribution in [0.2, 0.25) is 0 Å². The highest BCUT2D eigenvalue weighted by Gasteiger charge is 2.60. The molecule has 15 heteroatoms. The molecule has 2 unspecified atom stereocenters. The maximum absolute atomic E-state index is 13.8. The van der Waals surface area contributed by atoms with Gasteiger partial charge in [-0.1, -0.05) is 20.8 Å². The number of fused-ring (bicyclic) bond motifs is 2. The molecule has 0 spiro atoms. The number of alkyl halides is 1. The fourth-order valence-electron chi connectivity index (χ4n) is 4.29. The molecule has 13 nitrogen and oxygen atoms in total. The Hall–Kier alpha value is -2.02. The molecule has 4 heterocycles. The SMILES string of the molecule is CCOc1nc(N)nc2c1ncn2[C@@H]1O[C@@H]2COP(=O)(NC(COC(=O)C(C)(C)C)C(C)(C)C)O[C@H]2[C@@]1(C)Cl. The molecule has 0 amide bonds. The summed E-state index contributed by atoms with van der Waals surface area (Å²) in [6, 6.07) is -0.542. The zero-order valence-electron chi connectivity index (χ0n) is 23.6. The van der Waals surface area contributed by atoms with E-state index in [1.165, 1.54) is 6.33 Å². The molecule has 39 heavy (non-hydrogen) atoms. The van der Waals surface area contributed by atoms with Gasteiger partial charge in [0.2, 0.25) is 11.8 Å². The van der Waals surface area contributed by atoms with Gasteiger partial charge in [0.15, 0.2) is 17.4 Å². The summed E-state index contributed by atoms with van der Waals surface area (Å²) in [7, 11) is -3.89. The number of hydrogen-bond acceptors (Lipinski definition) is 11. The second-order valence-electron chi connectivity index (χ2n) is 12.0. The molecule has 2 aromatic rings. The van der Waals surface area contributed by atoms with Gasteiger partial charge in [-0.05, 0) is 40.0 Å². The molecule has 2 fully saturated rings. The molecule has 0 aliphatic carbocycles. The quantitative estimate of drug-likeness (QED) is 0.273. The number of rotatable bonds is 7. The summed E-state index contributed by atoms with van der Waals surface area (Å²) < 4.78 is 44.6. The number of nitrogens with zero attached hydrogens (tertiary/aromatic N) is 4. The Balaban J connectivity index is 1.56. The number of ether oxygens (including phenoxy) is 3. The van der Waals surface area contributed by atoms with Crippen LogP contribution < -0.4 is 15.6 Å². The van der Waals surface area contributed by atoms with E-state index in [0.717, 1.165) is 0 Å². The van der Waals surface area contributed by atoms with Gasteiger partial charge in [0.1, 0.15) is 23.7 Å². The Morgan fingerprint density at radius 1 is 1.33 bits per heavy atom. The summed E-state index contributed by atoms with van der Waals surface area (Å²) in [5, 5.41) is 2.98. The number of carbonyl (C=O) groups excluding carboxylic acids is 1. The van der Waals surface area contributed by atoms with E-state index in [-0.39, 0.29) is 31.0 Å². The zero-order chi connectivity index (χ0) is 29.0. The minimum Gasteiger partial charge on any atom is -0.476 e. The fraction of sp³-hybridized carbons (Fsp3) is 0.750. The van der Waals surface area contributed by atoms with Gasteiger partial charge in [-0.2, -0.15) is 9.97 Å². The number of nitrogen functional groups attached to an aromatic ring is 1. The Bertz CT molecular complexity index is 1270. The largest absolute Gasteiger partial charge is 0.476 e. The van der Waals surface area contributed by atoms with Crippen molar-refractivity contribution in [1.82, 2.24) is 24.6 Å². The Labute approximate surface area is 233 Å². The van der Waals surface area contributed by atoms with Crippen LogP contribution in [0.15, 0.2) is 6.33 Å². The average Bonchev–Trinajstić information content (AvgIpc) is 3.33. The van der Waals surface area contributed by atoms with Crippen LogP contribution in [-0.2, 0) is 27.9 Å². The lowest BCUT2D eigenvalue weighted by molar-refractivity contribution is -0.154. The Kier molecular flexibility index (Phi) is 8.01. The summed E-state index contributed by atoms with van der Waals surface area (Å²) in [6.07, 6.45) is -0.751. The van der Waals surface area contributed by atoms with Crippen LogP contribution in [0.25, 0.3) is 11.2 Å². The highest BCUT2D eigenvalue weighted by Crippen LogP contribution is 2.58. The molecule has 3 N–H and O–H groups in total. The van der Waals surface area contributed by atoms with Gasteiger partial charge >= 0.3 is 13.7 Å².